The van der Waals surface area contributed by atoms with E-state index in [1.807, 2.05) is 0 Å². The third-order valence-corrected chi connectivity index (χ3v) is 4.49. The number of hydrogen-bond donors (Lipinski definition) is 2. The number of thiophene rings is 1. The fourth-order valence-corrected chi connectivity index (χ4v) is 3.27. The van der Waals surface area contributed by atoms with Gasteiger partial charge < -0.3 is 10.3 Å². The molecule has 0 radical (unpaired) electrons. The van der Waals surface area contributed by atoms with Crippen LogP contribution in [0.5, 0.6) is 0 Å². The molecule has 0 spiro atoms. The number of halogens is 1. The van der Waals surface area contributed by atoms with Gasteiger partial charge in [-0.15, -0.1) is 11.3 Å². The van der Waals surface area contributed by atoms with Crippen molar-refractivity contribution in [2.75, 3.05) is 0 Å². The number of aryl methyl sites for hydroxylation is 2. The van der Waals surface area contributed by atoms with E-state index in [0.29, 0.717) is 16.4 Å². The molecule has 1 aliphatic carbocycles. The molecule has 0 saturated heterocycles. The fraction of sp³-hybridized carbons (Fsp3) is 0.385. The third-order valence-electron chi connectivity index (χ3n) is 3.21. The molecule has 2 aromatic rings. The lowest BCUT2D eigenvalue weighted by molar-refractivity contribution is 0.0954. The standard InChI is InChI=1S/C13H14ClN3OS/c14-8-5-11(19-7-8)13(18)15-6-12-16-9-3-1-2-4-10(9)17-12/h5,7H,1-4,6H2,(H,15,18)(H,16,17). The van der Waals surface area contributed by atoms with Crippen LogP contribution in [0.3, 0.4) is 0 Å². The molecule has 2 heterocycles. The Balaban J connectivity index is 1.63. The number of fused-ring (bicyclic) bond motifs is 1. The van der Waals surface area contributed by atoms with Gasteiger partial charge in [0.25, 0.3) is 5.91 Å². The van der Waals surface area contributed by atoms with Gasteiger partial charge in [0.05, 0.1) is 22.1 Å². The number of hydrogen-bond acceptors (Lipinski definition) is 3. The maximum atomic E-state index is 11.9. The van der Waals surface area contributed by atoms with Crippen LogP contribution in [-0.2, 0) is 19.4 Å². The molecule has 6 heteroatoms. The van der Waals surface area contributed by atoms with E-state index in [9.17, 15) is 4.79 Å². The van der Waals surface area contributed by atoms with Gasteiger partial charge in [0.1, 0.15) is 5.82 Å². The molecule has 0 saturated carbocycles. The highest BCUT2D eigenvalue weighted by Gasteiger charge is 2.15. The number of H-pyrrole nitrogens is 1. The smallest absolute Gasteiger partial charge is 0.261 e. The van der Waals surface area contributed by atoms with Crippen LogP contribution in [-0.4, -0.2) is 15.9 Å². The highest BCUT2D eigenvalue weighted by molar-refractivity contribution is 7.12. The van der Waals surface area contributed by atoms with Crippen LogP contribution in [0.25, 0.3) is 0 Å². The summed E-state index contributed by atoms with van der Waals surface area (Å²) >= 11 is 7.15. The first kappa shape index (κ1) is 12.7. The minimum Gasteiger partial charge on any atom is -0.344 e. The van der Waals surface area contributed by atoms with Gasteiger partial charge in [0.2, 0.25) is 0 Å². The van der Waals surface area contributed by atoms with Gasteiger partial charge in [-0.25, -0.2) is 4.98 Å². The van der Waals surface area contributed by atoms with Gasteiger partial charge in [-0.1, -0.05) is 11.6 Å². The molecular weight excluding hydrogens is 282 g/mol. The quantitative estimate of drug-likeness (QED) is 0.915. The van der Waals surface area contributed by atoms with Crippen LogP contribution < -0.4 is 5.32 Å². The van der Waals surface area contributed by atoms with Gasteiger partial charge in [-0.2, -0.15) is 0 Å². The van der Waals surface area contributed by atoms with Gasteiger partial charge in [0, 0.05) is 11.1 Å². The first-order valence-electron chi connectivity index (χ1n) is 6.31. The molecule has 1 aliphatic rings. The molecule has 3 rings (SSSR count). The maximum Gasteiger partial charge on any atom is 0.261 e. The second-order valence-corrected chi connectivity index (χ2v) is 5.98. The molecule has 0 atom stereocenters. The van der Waals surface area contributed by atoms with Crippen molar-refractivity contribution in [3.8, 4) is 0 Å². The summed E-state index contributed by atoms with van der Waals surface area (Å²) in [5.41, 5.74) is 2.39. The van der Waals surface area contributed by atoms with Crippen molar-refractivity contribution in [1.29, 1.82) is 0 Å². The van der Waals surface area contributed by atoms with Crippen molar-refractivity contribution < 1.29 is 4.79 Å². The molecule has 0 aliphatic heterocycles. The number of aromatic nitrogens is 2. The normalized spacial score (nSPS) is 14.2. The van der Waals surface area contributed by atoms with Crippen LogP contribution in [0.2, 0.25) is 5.02 Å². The number of carbonyl (C=O) groups is 1. The van der Waals surface area contributed by atoms with Crippen LogP contribution in [0.15, 0.2) is 11.4 Å². The molecule has 0 fully saturated rings. The summed E-state index contributed by atoms with van der Waals surface area (Å²) in [5.74, 6) is 0.731. The predicted molar refractivity (Wildman–Crippen MR) is 75.7 cm³/mol. The van der Waals surface area contributed by atoms with E-state index in [0.717, 1.165) is 24.4 Å². The van der Waals surface area contributed by atoms with Crippen LogP contribution in [0.1, 0.15) is 39.7 Å². The summed E-state index contributed by atoms with van der Waals surface area (Å²) in [6.07, 6.45) is 4.53. The van der Waals surface area contributed by atoms with E-state index in [4.69, 9.17) is 11.6 Å². The van der Waals surface area contributed by atoms with Crippen molar-refractivity contribution in [2.24, 2.45) is 0 Å². The molecule has 1 amide bonds. The predicted octanol–water partition coefficient (Wildman–Crippen LogP) is 2.93. The summed E-state index contributed by atoms with van der Waals surface area (Å²) in [7, 11) is 0. The monoisotopic (exact) mass is 295 g/mol. The van der Waals surface area contributed by atoms with Gasteiger partial charge in [0.15, 0.2) is 0 Å². The maximum absolute atomic E-state index is 11.9. The Hall–Kier alpha value is -1.33. The molecule has 2 N–H and O–H groups in total. The summed E-state index contributed by atoms with van der Waals surface area (Å²) in [5, 5.41) is 5.21. The van der Waals surface area contributed by atoms with E-state index in [1.54, 1.807) is 11.4 Å². The molecular formula is C13H14ClN3OS. The second-order valence-electron chi connectivity index (χ2n) is 4.63. The van der Waals surface area contributed by atoms with Gasteiger partial charge in [-0.05, 0) is 31.7 Å². The lowest BCUT2D eigenvalue weighted by Crippen LogP contribution is -2.22. The first-order chi connectivity index (χ1) is 9.22. The van der Waals surface area contributed by atoms with Crippen LogP contribution >= 0.6 is 22.9 Å². The van der Waals surface area contributed by atoms with E-state index < -0.39 is 0 Å². The largest absolute Gasteiger partial charge is 0.344 e. The Morgan fingerprint density at radius 1 is 1.47 bits per heavy atom. The number of imidazole rings is 1. The van der Waals surface area contributed by atoms with E-state index >= 15 is 0 Å². The minimum atomic E-state index is -0.105. The molecule has 0 unspecified atom stereocenters. The molecule has 100 valence electrons. The lowest BCUT2D eigenvalue weighted by Gasteiger charge is -2.07. The number of aromatic amines is 1. The molecule has 4 nitrogen and oxygen atoms in total. The lowest BCUT2D eigenvalue weighted by atomic mass is 10.0. The van der Waals surface area contributed by atoms with Crippen molar-refractivity contribution in [3.05, 3.63) is 38.6 Å². The van der Waals surface area contributed by atoms with Crippen molar-refractivity contribution in [2.45, 2.75) is 32.2 Å². The Labute approximate surface area is 120 Å². The number of rotatable bonds is 3. The second kappa shape index (κ2) is 5.35. The zero-order chi connectivity index (χ0) is 13.2. The minimum absolute atomic E-state index is 0.105. The number of nitrogens with one attached hydrogen (secondary N) is 2. The molecule has 2 aromatic heterocycles. The SMILES string of the molecule is O=C(NCc1nc2c([nH]1)CCCC2)c1cc(Cl)cs1. The third kappa shape index (κ3) is 2.82. The first-order valence-corrected chi connectivity index (χ1v) is 7.57. The van der Waals surface area contributed by atoms with Crippen molar-refractivity contribution in [1.82, 2.24) is 15.3 Å². The Kier molecular flexibility index (Phi) is 3.57. The summed E-state index contributed by atoms with van der Waals surface area (Å²) < 4.78 is 0. The van der Waals surface area contributed by atoms with E-state index in [-0.39, 0.29) is 5.91 Å². The average Bonchev–Trinajstić information content (AvgIpc) is 3.01. The van der Waals surface area contributed by atoms with Crippen LogP contribution in [0, 0.1) is 0 Å². The summed E-state index contributed by atoms with van der Waals surface area (Å²) in [6.45, 7) is 0.432. The summed E-state index contributed by atoms with van der Waals surface area (Å²) in [4.78, 5) is 20.3. The van der Waals surface area contributed by atoms with Gasteiger partial charge >= 0.3 is 0 Å². The Morgan fingerprint density at radius 2 is 2.32 bits per heavy atom. The van der Waals surface area contributed by atoms with Gasteiger partial charge in [-0.3, -0.25) is 4.79 Å². The summed E-state index contributed by atoms with van der Waals surface area (Å²) in [6, 6.07) is 1.68. The van der Waals surface area contributed by atoms with Crippen molar-refractivity contribution in [3.63, 3.8) is 0 Å². The Morgan fingerprint density at radius 3 is 3.05 bits per heavy atom. The molecule has 19 heavy (non-hydrogen) atoms. The average molecular weight is 296 g/mol. The Bertz CT molecular complexity index is 581. The van der Waals surface area contributed by atoms with E-state index in [1.165, 1.54) is 29.9 Å². The van der Waals surface area contributed by atoms with Crippen molar-refractivity contribution >= 4 is 28.8 Å². The highest BCUT2D eigenvalue weighted by atomic mass is 35.5. The highest BCUT2D eigenvalue weighted by Crippen LogP contribution is 2.20. The number of nitrogens with zero attached hydrogens (tertiary/aromatic N) is 1. The number of amides is 1. The zero-order valence-corrected chi connectivity index (χ0v) is 11.9. The molecule has 0 aromatic carbocycles. The fourth-order valence-electron chi connectivity index (χ4n) is 2.28. The number of carbonyl (C=O) groups excluding carboxylic acids is 1. The van der Waals surface area contributed by atoms with E-state index in [2.05, 4.69) is 15.3 Å². The topological polar surface area (TPSA) is 57.8 Å². The van der Waals surface area contributed by atoms with Crippen LogP contribution in [0.4, 0.5) is 0 Å². The molecule has 0 bridgehead atoms. The zero-order valence-electron chi connectivity index (χ0n) is 10.3.